The maximum atomic E-state index is 12.0. The SMILES string of the molecule is O=C(NCCC[C@@H]1C[C@@H](Cc2ccccc2)CCN1)c1ccccc1. The van der Waals surface area contributed by atoms with E-state index in [0.717, 1.165) is 37.4 Å². The van der Waals surface area contributed by atoms with Gasteiger partial charge in [-0.05, 0) is 62.3 Å². The second kappa shape index (κ2) is 9.38. The second-order valence-electron chi connectivity index (χ2n) is 7.00. The van der Waals surface area contributed by atoms with Crippen LogP contribution >= 0.6 is 0 Å². The van der Waals surface area contributed by atoms with Crippen molar-refractivity contribution < 1.29 is 4.79 Å². The third kappa shape index (κ3) is 5.71. The van der Waals surface area contributed by atoms with Crippen LogP contribution in [0, 0.1) is 5.92 Å². The van der Waals surface area contributed by atoms with Gasteiger partial charge in [0.2, 0.25) is 0 Å². The van der Waals surface area contributed by atoms with E-state index in [2.05, 4.69) is 41.0 Å². The number of piperidine rings is 1. The molecule has 1 aliphatic rings. The van der Waals surface area contributed by atoms with Crippen LogP contribution < -0.4 is 10.6 Å². The van der Waals surface area contributed by atoms with E-state index in [1.165, 1.54) is 24.8 Å². The van der Waals surface area contributed by atoms with Gasteiger partial charge in [0.15, 0.2) is 0 Å². The molecule has 2 aromatic carbocycles. The number of hydrogen-bond donors (Lipinski definition) is 2. The fourth-order valence-corrected chi connectivity index (χ4v) is 3.69. The molecule has 3 rings (SSSR count). The van der Waals surface area contributed by atoms with Gasteiger partial charge in [0.05, 0.1) is 0 Å². The molecule has 0 aliphatic carbocycles. The van der Waals surface area contributed by atoms with Crippen molar-refractivity contribution in [1.82, 2.24) is 10.6 Å². The van der Waals surface area contributed by atoms with Gasteiger partial charge in [0, 0.05) is 18.2 Å². The van der Waals surface area contributed by atoms with Crippen LogP contribution in [0.4, 0.5) is 0 Å². The van der Waals surface area contributed by atoms with E-state index in [1.807, 2.05) is 30.3 Å². The predicted octanol–water partition coefficient (Wildman–Crippen LogP) is 3.81. The molecule has 25 heavy (non-hydrogen) atoms. The Balaban J connectivity index is 1.36. The van der Waals surface area contributed by atoms with Crippen LogP contribution in [-0.2, 0) is 6.42 Å². The van der Waals surface area contributed by atoms with E-state index in [0.29, 0.717) is 6.04 Å². The van der Waals surface area contributed by atoms with Gasteiger partial charge in [-0.25, -0.2) is 0 Å². The maximum Gasteiger partial charge on any atom is 0.251 e. The Morgan fingerprint density at radius 1 is 1.04 bits per heavy atom. The van der Waals surface area contributed by atoms with Crippen LogP contribution in [0.25, 0.3) is 0 Å². The molecule has 1 fully saturated rings. The largest absolute Gasteiger partial charge is 0.352 e. The molecule has 0 saturated carbocycles. The van der Waals surface area contributed by atoms with Crippen molar-refractivity contribution in [2.75, 3.05) is 13.1 Å². The normalized spacial score (nSPS) is 20.2. The lowest BCUT2D eigenvalue weighted by Crippen LogP contribution is -2.39. The highest BCUT2D eigenvalue weighted by atomic mass is 16.1. The zero-order chi connectivity index (χ0) is 17.3. The van der Waals surface area contributed by atoms with Gasteiger partial charge in [-0.1, -0.05) is 48.5 Å². The van der Waals surface area contributed by atoms with Crippen LogP contribution in [0.1, 0.15) is 41.6 Å². The van der Waals surface area contributed by atoms with Crippen LogP contribution in [0.15, 0.2) is 60.7 Å². The Kier molecular flexibility index (Phi) is 6.63. The first kappa shape index (κ1) is 17.7. The molecule has 0 bridgehead atoms. The van der Waals surface area contributed by atoms with Crippen LogP contribution in [0.5, 0.6) is 0 Å². The van der Waals surface area contributed by atoms with Gasteiger partial charge in [0.25, 0.3) is 5.91 Å². The van der Waals surface area contributed by atoms with Crippen LogP contribution in [0.2, 0.25) is 0 Å². The zero-order valence-electron chi connectivity index (χ0n) is 14.8. The highest BCUT2D eigenvalue weighted by molar-refractivity contribution is 5.94. The minimum Gasteiger partial charge on any atom is -0.352 e. The topological polar surface area (TPSA) is 41.1 Å². The van der Waals surface area contributed by atoms with Crippen molar-refractivity contribution in [1.29, 1.82) is 0 Å². The number of rotatable bonds is 7. The van der Waals surface area contributed by atoms with Gasteiger partial charge in [0.1, 0.15) is 0 Å². The van der Waals surface area contributed by atoms with E-state index in [1.54, 1.807) is 0 Å². The van der Waals surface area contributed by atoms with E-state index in [4.69, 9.17) is 0 Å². The van der Waals surface area contributed by atoms with Crippen LogP contribution in [-0.4, -0.2) is 25.0 Å². The summed E-state index contributed by atoms with van der Waals surface area (Å²) in [5.74, 6) is 0.798. The van der Waals surface area contributed by atoms with E-state index < -0.39 is 0 Å². The molecule has 0 spiro atoms. The van der Waals surface area contributed by atoms with Gasteiger partial charge in [-0.3, -0.25) is 4.79 Å². The predicted molar refractivity (Wildman–Crippen MR) is 103 cm³/mol. The third-order valence-corrected chi connectivity index (χ3v) is 5.02. The smallest absolute Gasteiger partial charge is 0.251 e. The summed E-state index contributed by atoms with van der Waals surface area (Å²) in [7, 11) is 0. The molecule has 2 atom stereocenters. The van der Waals surface area contributed by atoms with Gasteiger partial charge >= 0.3 is 0 Å². The Labute approximate surface area is 150 Å². The molecule has 0 radical (unpaired) electrons. The molecule has 132 valence electrons. The highest BCUT2D eigenvalue weighted by Crippen LogP contribution is 2.23. The lowest BCUT2D eigenvalue weighted by Gasteiger charge is -2.30. The van der Waals surface area contributed by atoms with E-state index in [-0.39, 0.29) is 5.91 Å². The monoisotopic (exact) mass is 336 g/mol. The summed E-state index contributed by atoms with van der Waals surface area (Å²) in [5.41, 5.74) is 2.18. The summed E-state index contributed by atoms with van der Waals surface area (Å²) in [5, 5.41) is 6.66. The van der Waals surface area contributed by atoms with Crippen molar-refractivity contribution >= 4 is 5.91 Å². The van der Waals surface area contributed by atoms with Crippen molar-refractivity contribution in [2.24, 2.45) is 5.92 Å². The summed E-state index contributed by atoms with van der Waals surface area (Å²) in [6.45, 7) is 1.85. The van der Waals surface area contributed by atoms with E-state index in [9.17, 15) is 4.79 Å². The number of carbonyl (C=O) groups is 1. The zero-order valence-corrected chi connectivity index (χ0v) is 14.8. The fraction of sp³-hybridized carbons (Fsp3) is 0.409. The molecular formula is C22H28N2O. The van der Waals surface area contributed by atoms with Gasteiger partial charge < -0.3 is 10.6 Å². The minimum absolute atomic E-state index is 0.0270. The number of nitrogens with one attached hydrogen (secondary N) is 2. The lowest BCUT2D eigenvalue weighted by atomic mass is 9.86. The Hall–Kier alpha value is -2.13. The summed E-state index contributed by atoms with van der Waals surface area (Å²) < 4.78 is 0. The Morgan fingerprint density at radius 2 is 1.76 bits per heavy atom. The Bertz CT molecular complexity index is 642. The average Bonchev–Trinajstić information content (AvgIpc) is 2.67. The molecule has 1 heterocycles. The number of benzene rings is 2. The summed E-state index contributed by atoms with van der Waals surface area (Å²) in [6, 6.07) is 20.8. The molecular weight excluding hydrogens is 308 g/mol. The lowest BCUT2D eigenvalue weighted by molar-refractivity contribution is 0.0952. The van der Waals surface area contributed by atoms with Crippen molar-refractivity contribution in [3.05, 3.63) is 71.8 Å². The van der Waals surface area contributed by atoms with Gasteiger partial charge in [-0.2, -0.15) is 0 Å². The number of carbonyl (C=O) groups excluding carboxylic acids is 1. The summed E-state index contributed by atoms with van der Waals surface area (Å²) >= 11 is 0. The fourth-order valence-electron chi connectivity index (χ4n) is 3.69. The quantitative estimate of drug-likeness (QED) is 0.755. The second-order valence-corrected chi connectivity index (χ2v) is 7.00. The number of amides is 1. The maximum absolute atomic E-state index is 12.0. The molecule has 2 aromatic rings. The molecule has 0 unspecified atom stereocenters. The third-order valence-electron chi connectivity index (χ3n) is 5.02. The molecule has 1 aliphatic heterocycles. The first-order chi connectivity index (χ1) is 12.3. The summed E-state index contributed by atoms with van der Waals surface area (Å²) in [6.07, 6.45) is 5.83. The Morgan fingerprint density at radius 3 is 2.52 bits per heavy atom. The first-order valence-corrected chi connectivity index (χ1v) is 9.42. The minimum atomic E-state index is 0.0270. The van der Waals surface area contributed by atoms with E-state index >= 15 is 0 Å². The molecule has 2 N–H and O–H groups in total. The standard InChI is InChI=1S/C22H28N2O/c25-22(20-10-5-2-6-11-20)24-14-7-12-21-17-19(13-15-23-21)16-18-8-3-1-4-9-18/h1-6,8-11,19,21,23H,7,12-17H2,(H,24,25)/t19-,21-/m1/s1. The highest BCUT2D eigenvalue weighted by Gasteiger charge is 2.21. The first-order valence-electron chi connectivity index (χ1n) is 9.42. The number of hydrogen-bond acceptors (Lipinski definition) is 2. The average molecular weight is 336 g/mol. The van der Waals surface area contributed by atoms with Crippen LogP contribution in [0.3, 0.4) is 0 Å². The molecule has 3 heteroatoms. The van der Waals surface area contributed by atoms with Crippen molar-refractivity contribution in [3.8, 4) is 0 Å². The summed E-state index contributed by atoms with van der Waals surface area (Å²) in [4.78, 5) is 12.0. The molecule has 1 amide bonds. The molecule has 3 nitrogen and oxygen atoms in total. The van der Waals surface area contributed by atoms with Crippen molar-refractivity contribution in [3.63, 3.8) is 0 Å². The molecule has 0 aromatic heterocycles. The van der Waals surface area contributed by atoms with Gasteiger partial charge in [-0.15, -0.1) is 0 Å². The van der Waals surface area contributed by atoms with Crippen molar-refractivity contribution in [2.45, 2.75) is 38.1 Å². The molecule has 1 saturated heterocycles.